The number of aliphatic imine (C=N–C) groups is 1. The number of alkyl halides is 3. The Labute approximate surface area is 175 Å². The molecule has 0 aliphatic carbocycles. The van der Waals surface area contributed by atoms with Gasteiger partial charge in [0.1, 0.15) is 0 Å². The fraction of sp³-hybridized carbons (Fsp3) is 0.650. The first-order valence-electron chi connectivity index (χ1n) is 9.92. The van der Waals surface area contributed by atoms with E-state index in [0.29, 0.717) is 49.4 Å². The van der Waals surface area contributed by atoms with Crippen LogP contribution in [0.5, 0.6) is 17.2 Å². The zero-order valence-electron chi connectivity index (χ0n) is 18.0. The van der Waals surface area contributed by atoms with Gasteiger partial charge >= 0.3 is 6.18 Å². The molecule has 1 aromatic carbocycles. The van der Waals surface area contributed by atoms with Crippen molar-refractivity contribution in [1.29, 1.82) is 0 Å². The van der Waals surface area contributed by atoms with Gasteiger partial charge in [-0.05, 0) is 24.6 Å². The topological polar surface area (TPSA) is 58.6 Å². The SMILES string of the molecule is CCNC(=NCCC(F)(F)F)N1CCN(Cc2cc(OC)c(OC)c(OC)c2)CC1. The predicted molar refractivity (Wildman–Crippen MR) is 110 cm³/mol. The van der Waals surface area contributed by atoms with Crippen molar-refractivity contribution in [2.24, 2.45) is 4.99 Å². The van der Waals surface area contributed by atoms with Crippen LogP contribution in [0.25, 0.3) is 0 Å². The summed E-state index contributed by atoms with van der Waals surface area (Å²) < 4.78 is 53.4. The lowest BCUT2D eigenvalue weighted by molar-refractivity contribution is -0.132. The number of halogens is 3. The summed E-state index contributed by atoms with van der Waals surface area (Å²) in [7, 11) is 4.73. The van der Waals surface area contributed by atoms with Crippen LogP contribution >= 0.6 is 0 Å². The van der Waals surface area contributed by atoms with Crippen molar-refractivity contribution < 1.29 is 27.4 Å². The van der Waals surface area contributed by atoms with E-state index in [1.165, 1.54) is 0 Å². The standard InChI is InChI=1S/C20H31F3N4O3/c1-5-24-19(25-7-6-20(21,22)23)27-10-8-26(9-11-27)14-15-12-16(28-2)18(30-4)17(13-15)29-3/h12-13H,5-11,14H2,1-4H3,(H,24,25). The van der Waals surface area contributed by atoms with E-state index >= 15 is 0 Å². The number of ether oxygens (including phenoxy) is 3. The van der Waals surface area contributed by atoms with Crippen LogP contribution in [0.4, 0.5) is 13.2 Å². The summed E-state index contributed by atoms with van der Waals surface area (Å²) in [4.78, 5) is 8.42. The van der Waals surface area contributed by atoms with Crippen molar-refractivity contribution in [3.63, 3.8) is 0 Å². The molecule has 0 saturated carbocycles. The highest BCUT2D eigenvalue weighted by Crippen LogP contribution is 2.38. The molecule has 0 radical (unpaired) electrons. The van der Waals surface area contributed by atoms with Crippen LogP contribution < -0.4 is 19.5 Å². The average Bonchev–Trinajstić information content (AvgIpc) is 2.72. The summed E-state index contributed by atoms with van der Waals surface area (Å²) in [6.45, 7) is 5.84. The normalized spacial score (nSPS) is 15.8. The highest BCUT2D eigenvalue weighted by Gasteiger charge is 2.27. The molecular formula is C20H31F3N4O3. The molecule has 1 N–H and O–H groups in total. The first kappa shape index (κ1) is 23.9. The number of hydrogen-bond donors (Lipinski definition) is 1. The monoisotopic (exact) mass is 432 g/mol. The highest BCUT2D eigenvalue weighted by molar-refractivity contribution is 5.80. The smallest absolute Gasteiger partial charge is 0.390 e. The number of rotatable bonds is 8. The second-order valence-electron chi connectivity index (χ2n) is 6.90. The van der Waals surface area contributed by atoms with E-state index in [2.05, 4.69) is 15.2 Å². The fourth-order valence-corrected chi connectivity index (χ4v) is 3.32. The van der Waals surface area contributed by atoms with Gasteiger partial charge in [-0.25, -0.2) is 0 Å². The maximum Gasteiger partial charge on any atom is 0.390 e. The third-order valence-corrected chi connectivity index (χ3v) is 4.79. The molecule has 30 heavy (non-hydrogen) atoms. The summed E-state index contributed by atoms with van der Waals surface area (Å²) in [6.07, 6.45) is -5.11. The molecule has 10 heteroatoms. The Morgan fingerprint density at radius 2 is 1.63 bits per heavy atom. The number of nitrogens with zero attached hydrogens (tertiary/aromatic N) is 3. The largest absolute Gasteiger partial charge is 0.493 e. The molecule has 7 nitrogen and oxygen atoms in total. The van der Waals surface area contributed by atoms with Crippen LogP contribution in [0.3, 0.4) is 0 Å². The van der Waals surface area contributed by atoms with Crippen LogP contribution in [0.15, 0.2) is 17.1 Å². The van der Waals surface area contributed by atoms with E-state index in [1.807, 2.05) is 24.0 Å². The quantitative estimate of drug-likeness (QED) is 0.504. The van der Waals surface area contributed by atoms with Gasteiger partial charge in [-0.2, -0.15) is 13.2 Å². The molecule has 0 spiro atoms. The lowest BCUT2D eigenvalue weighted by atomic mass is 10.1. The van der Waals surface area contributed by atoms with Crippen molar-refractivity contribution in [3.8, 4) is 17.2 Å². The van der Waals surface area contributed by atoms with E-state index in [0.717, 1.165) is 18.7 Å². The Kier molecular flexibility index (Phi) is 8.88. The molecule has 1 aromatic rings. The van der Waals surface area contributed by atoms with E-state index in [-0.39, 0.29) is 6.54 Å². The van der Waals surface area contributed by atoms with Gasteiger partial charge < -0.3 is 24.4 Å². The maximum absolute atomic E-state index is 12.4. The molecule has 2 rings (SSSR count). The van der Waals surface area contributed by atoms with E-state index < -0.39 is 12.6 Å². The van der Waals surface area contributed by atoms with Crippen LogP contribution in [-0.4, -0.2) is 82.5 Å². The Bertz CT molecular complexity index is 680. The van der Waals surface area contributed by atoms with Crippen molar-refractivity contribution >= 4 is 5.96 Å². The summed E-state index contributed by atoms with van der Waals surface area (Å²) >= 11 is 0. The Hall–Kier alpha value is -2.36. The zero-order chi connectivity index (χ0) is 22.1. The predicted octanol–water partition coefficient (Wildman–Crippen LogP) is 2.75. The number of nitrogens with one attached hydrogen (secondary N) is 1. The van der Waals surface area contributed by atoms with Gasteiger partial charge in [-0.1, -0.05) is 0 Å². The van der Waals surface area contributed by atoms with Gasteiger partial charge in [0.05, 0.1) is 34.3 Å². The first-order valence-corrected chi connectivity index (χ1v) is 9.92. The van der Waals surface area contributed by atoms with Gasteiger partial charge in [-0.3, -0.25) is 9.89 Å². The first-order chi connectivity index (χ1) is 14.3. The molecule has 170 valence electrons. The lowest BCUT2D eigenvalue weighted by Crippen LogP contribution is -2.52. The number of piperazine rings is 1. The van der Waals surface area contributed by atoms with E-state index in [9.17, 15) is 13.2 Å². The maximum atomic E-state index is 12.4. The van der Waals surface area contributed by atoms with Gasteiger partial charge in [0, 0.05) is 39.3 Å². The third kappa shape index (κ3) is 6.86. The molecule has 1 saturated heterocycles. The zero-order valence-corrected chi connectivity index (χ0v) is 18.0. The van der Waals surface area contributed by atoms with Crippen LogP contribution in [0.1, 0.15) is 18.9 Å². The second-order valence-corrected chi connectivity index (χ2v) is 6.90. The molecule has 1 aliphatic rings. The lowest BCUT2D eigenvalue weighted by Gasteiger charge is -2.36. The minimum Gasteiger partial charge on any atom is -0.493 e. The van der Waals surface area contributed by atoms with Gasteiger partial charge in [0.2, 0.25) is 5.75 Å². The Balaban J connectivity index is 1.98. The second kappa shape index (κ2) is 11.1. The van der Waals surface area contributed by atoms with Crippen molar-refractivity contribution in [1.82, 2.24) is 15.1 Å². The summed E-state index contributed by atoms with van der Waals surface area (Å²) in [5, 5.41) is 3.09. The van der Waals surface area contributed by atoms with E-state index in [4.69, 9.17) is 14.2 Å². The highest BCUT2D eigenvalue weighted by atomic mass is 19.4. The van der Waals surface area contributed by atoms with Crippen molar-refractivity contribution in [3.05, 3.63) is 17.7 Å². The third-order valence-electron chi connectivity index (χ3n) is 4.79. The molecule has 0 aromatic heterocycles. The summed E-state index contributed by atoms with van der Waals surface area (Å²) in [5.74, 6) is 2.31. The number of guanidine groups is 1. The molecule has 0 bridgehead atoms. The Morgan fingerprint density at radius 1 is 1.03 bits per heavy atom. The number of hydrogen-bond acceptors (Lipinski definition) is 5. The molecule has 0 atom stereocenters. The summed E-state index contributed by atoms with van der Waals surface area (Å²) in [5.41, 5.74) is 1.03. The van der Waals surface area contributed by atoms with Crippen LogP contribution in [0.2, 0.25) is 0 Å². The molecule has 1 aliphatic heterocycles. The van der Waals surface area contributed by atoms with Gasteiger partial charge in [0.15, 0.2) is 17.5 Å². The molecule has 0 unspecified atom stereocenters. The Morgan fingerprint density at radius 3 is 2.10 bits per heavy atom. The van der Waals surface area contributed by atoms with Crippen LogP contribution in [-0.2, 0) is 6.54 Å². The molecular weight excluding hydrogens is 401 g/mol. The van der Waals surface area contributed by atoms with Crippen molar-refractivity contribution in [2.75, 3.05) is 60.6 Å². The minimum absolute atomic E-state index is 0.266. The average molecular weight is 432 g/mol. The van der Waals surface area contributed by atoms with Crippen molar-refractivity contribution in [2.45, 2.75) is 26.1 Å². The number of methoxy groups -OCH3 is 3. The van der Waals surface area contributed by atoms with E-state index in [1.54, 1.807) is 21.3 Å². The summed E-state index contributed by atoms with van der Waals surface area (Å²) in [6, 6.07) is 3.85. The molecule has 1 heterocycles. The van der Waals surface area contributed by atoms with Crippen LogP contribution in [0, 0.1) is 0 Å². The minimum atomic E-state index is -4.19. The molecule has 1 fully saturated rings. The van der Waals surface area contributed by atoms with Gasteiger partial charge in [-0.15, -0.1) is 0 Å². The van der Waals surface area contributed by atoms with Gasteiger partial charge in [0.25, 0.3) is 0 Å². The fourth-order valence-electron chi connectivity index (χ4n) is 3.32. The molecule has 0 amide bonds. The number of benzene rings is 1.